The van der Waals surface area contributed by atoms with E-state index in [-0.39, 0.29) is 5.97 Å². The van der Waals surface area contributed by atoms with Gasteiger partial charge in [0.15, 0.2) is 0 Å². The minimum Gasteiger partial charge on any atom is -0.466 e. The van der Waals surface area contributed by atoms with Gasteiger partial charge in [-0.3, -0.25) is 4.79 Å². The van der Waals surface area contributed by atoms with Crippen molar-refractivity contribution in [2.24, 2.45) is 0 Å². The second-order valence-electron chi connectivity index (χ2n) is 3.30. The minimum absolute atomic E-state index is 0.173. The lowest BCUT2D eigenvalue weighted by molar-refractivity contribution is -0.142. The van der Waals surface area contributed by atoms with Crippen molar-refractivity contribution in [1.82, 2.24) is 4.90 Å². The number of rotatable bonds is 4. The number of hydrogen-bond donors (Lipinski definition) is 0. The van der Waals surface area contributed by atoms with Gasteiger partial charge in [-0.1, -0.05) is 12.2 Å². The number of carbonyl (C=O) groups is 1. The van der Waals surface area contributed by atoms with Crippen LogP contribution in [0.1, 0.15) is 19.8 Å². The van der Waals surface area contributed by atoms with Crippen molar-refractivity contribution in [2.75, 3.05) is 32.9 Å². The molecule has 1 fully saturated rings. The Labute approximate surface area is 95.5 Å². The number of thiocarbonyl (C=S) groups is 1. The highest BCUT2D eigenvalue weighted by Gasteiger charge is 2.14. The molecule has 0 unspecified atom stereocenters. The van der Waals surface area contributed by atoms with Gasteiger partial charge in [-0.25, -0.2) is 0 Å². The maximum absolute atomic E-state index is 11.1. The number of ether oxygens (including phenoxy) is 2. The molecule has 0 aromatic carbocycles. The molecule has 0 radical (unpaired) electrons. The van der Waals surface area contributed by atoms with E-state index in [1.165, 1.54) is 0 Å². The van der Waals surface area contributed by atoms with Crippen LogP contribution in [0.2, 0.25) is 0 Å². The van der Waals surface area contributed by atoms with Gasteiger partial charge in [0.25, 0.3) is 0 Å². The summed E-state index contributed by atoms with van der Waals surface area (Å²) in [5.74, 6) is -0.173. The first-order valence-corrected chi connectivity index (χ1v) is 5.66. The lowest BCUT2D eigenvalue weighted by Gasteiger charge is -2.29. The van der Waals surface area contributed by atoms with Gasteiger partial charge in [0.2, 0.25) is 0 Å². The van der Waals surface area contributed by atoms with E-state index >= 15 is 0 Å². The maximum atomic E-state index is 11.1. The van der Waals surface area contributed by atoms with Crippen LogP contribution in [0, 0.1) is 0 Å². The van der Waals surface area contributed by atoms with Crippen molar-refractivity contribution >= 4 is 23.2 Å². The van der Waals surface area contributed by atoms with E-state index in [0.29, 0.717) is 19.4 Å². The van der Waals surface area contributed by atoms with Gasteiger partial charge < -0.3 is 14.4 Å². The molecule has 0 bridgehead atoms. The number of esters is 1. The monoisotopic (exact) mass is 231 g/mol. The van der Waals surface area contributed by atoms with Gasteiger partial charge >= 0.3 is 5.97 Å². The largest absolute Gasteiger partial charge is 0.466 e. The van der Waals surface area contributed by atoms with E-state index in [9.17, 15) is 4.79 Å². The predicted octanol–water partition coefficient (Wildman–Crippen LogP) is 0.989. The Morgan fingerprint density at radius 3 is 2.67 bits per heavy atom. The maximum Gasteiger partial charge on any atom is 0.306 e. The second kappa shape index (κ2) is 6.74. The van der Waals surface area contributed by atoms with Crippen LogP contribution >= 0.6 is 12.2 Å². The summed E-state index contributed by atoms with van der Waals surface area (Å²) in [7, 11) is 0. The van der Waals surface area contributed by atoms with Crippen LogP contribution in [0.15, 0.2) is 0 Å². The topological polar surface area (TPSA) is 38.8 Å². The van der Waals surface area contributed by atoms with E-state index in [0.717, 1.165) is 31.3 Å². The van der Waals surface area contributed by atoms with Crippen molar-refractivity contribution in [1.29, 1.82) is 0 Å². The summed E-state index contributed by atoms with van der Waals surface area (Å²) in [6, 6.07) is 0. The van der Waals surface area contributed by atoms with Crippen molar-refractivity contribution in [3.05, 3.63) is 0 Å². The average molecular weight is 231 g/mol. The Morgan fingerprint density at radius 1 is 1.40 bits per heavy atom. The first-order valence-electron chi connectivity index (χ1n) is 5.25. The quantitative estimate of drug-likeness (QED) is 0.533. The van der Waals surface area contributed by atoms with Crippen LogP contribution < -0.4 is 0 Å². The van der Waals surface area contributed by atoms with E-state index in [1.54, 1.807) is 6.92 Å². The molecule has 1 aliphatic heterocycles. The summed E-state index contributed by atoms with van der Waals surface area (Å²) >= 11 is 5.24. The SMILES string of the molecule is CCOC(=O)CCC(=S)N1CCOCC1. The van der Waals surface area contributed by atoms with Crippen molar-refractivity contribution in [3.8, 4) is 0 Å². The normalized spacial score (nSPS) is 16.2. The van der Waals surface area contributed by atoms with E-state index in [4.69, 9.17) is 21.7 Å². The van der Waals surface area contributed by atoms with Crippen molar-refractivity contribution < 1.29 is 14.3 Å². The first-order chi connectivity index (χ1) is 7.24. The summed E-state index contributed by atoms with van der Waals surface area (Å²) in [4.78, 5) is 14.0. The summed E-state index contributed by atoms with van der Waals surface area (Å²) in [5.41, 5.74) is 0. The van der Waals surface area contributed by atoms with Gasteiger partial charge in [-0.2, -0.15) is 0 Å². The highest BCUT2D eigenvalue weighted by molar-refractivity contribution is 7.80. The lowest BCUT2D eigenvalue weighted by atomic mass is 10.3. The third kappa shape index (κ3) is 4.57. The molecule has 1 saturated heterocycles. The zero-order chi connectivity index (χ0) is 11.1. The number of nitrogens with zero attached hydrogens (tertiary/aromatic N) is 1. The zero-order valence-electron chi connectivity index (χ0n) is 9.03. The Hall–Kier alpha value is -0.680. The molecular weight excluding hydrogens is 214 g/mol. The Bertz CT molecular complexity index is 227. The molecule has 0 amide bonds. The molecular formula is C10H17NO3S. The van der Waals surface area contributed by atoms with E-state index in [2.05, 4.69) is 4.90 Å². The molecule has 1 aliphatic rings. The fraction of sp³-hybridized carbons (Fsp3) is 0.800. The molecule has 86 valence electrons. The Balaban J connectivity index is 2.19. The highest BCUT2D eigenvalue weighted by Crippen LogP contribution is 2.05. The summed E-state index contributed by atoms with van der Waals surface area (Å²) in [5, 5.41) is 0. The van der Waals surface area contributed by atoms with Crippen LogP contribution in [0.3, 0.4) is 0 Å². The van der Waals surface area contributed by atoms with E-state index < -0.39 is 0 Å². The summed E-state index contributed by atoms with van der Waals surface area (Å²) in [6.45, 7) is 5.35. The lowest BCUT2D eigenvalue weighted by Crippen LogP contribution is -2.39. The number of morpholine rings is 1. The zero-order valence-corrected chi connectivity index (χ0v) is 9.85. The van der Waals surface area contributed by atoms with Crippen LogP contribution in [-0.2, 0) is 14.3 Å². The van der Waals surface area contributed by atoms with Gasteiger partial charge in [0.05, 0.1) is 31.2 Å². The van der Waals surface area contributed by atoms with Crippen LogP contribution in [0.5, 0.6) is 0 Å². The van der Waals surface area contributed by atoms with Gasteiger partial charge in [0.1, 0.15) is 0 Å². The van der Waals surface area contributed by atoms with E-state index in [1.807, 2.05) is 0 Å². The first kappa shape index (κ1) is 12.4. The summed E-state index contributed by atoms with van der Waals surface area (Å²) < 4.78 is 10.1. The van der Waals surface area contributed by atoms with Crippen LogP contribution in [0.25, 0.3) is 0 Å². The third-order valence-electron chi connectivity index (χ3n) is 2.21. The van der Waals surface area contributed by atoms with Crippen LogP contribution in [0.4, 0.5) is 0 Å². The van der Waals surface area contributed by atoms with Crippen molar-refractivity contribution in [2.45, 2.75) is 19.8 Å². The Kier molecular flexibility index (Phi) is 5.57. The molecule has 0 aromatic rings. The molecule has 15 heavy (non-hydrogen) atoms. The second-order valence-corrected chi connectivity index (χ2v) is 3.77. The average Bonchev–Trinajstić information content (AvgIpc) is 2.27. The molecule has 4 nitrogen and oxygen atoms in total. The molecule has 0 spiro atoms. The smallest absolute Gasteiger partial charge is 0.306 e. The molecule has 0 N–H and O–H groups in total. The third-order valence-corrected chi connectivity index (χ3v) is 2.67. The standard InChI is InChI=1S/C10H17NO3S/c1-2-14-10(12)4-3-9(15)11-5-7-13-8-6-11/h2-8H2,1H3. The molecule has 0 saturated carbocycles. The summed E-state index contributed by atoms with van der Waals surface area (Å²) in [6.07, 6.45) is 0.984. The Morgan fingerprint density at radius 2 is 2.07 bits per heavy atom. The van der Waals surface area contributed by atoms with Gasteiger partial charge in [-0.05, 0) is 6.92 Å². The highest BCUT2D eigenvalue weighted by atomic mass is 32.1. The molecule has 1 heterocycles. The van der Waals surface area contributed by atoms with Gasteiger partial charge in [0, 0.05) is 19.5 Å². The fourth-order valence-corrected chi connectivity index (χ4v) is 1.70. The predicted molar refractivity (Wildman–Crippen MR) is 60.9 cm³/mol. The number of hydrogen-bond acceptors (Lipinski definition) is 4. The molecule has 1 rings (SSSR count). The molecule has 0 aromatic heterocycles. The minimum atomic E-state index is -0.173. The molecule has 5 heteroatoms. The fourth-order valence-electron chi connectivity index (χ4n) is 1.41. The van der Waals surface area contributed by atoms with Crippen LogP contribution in [-0.4, -0.2) is 48.8 Å². The van der Waals surface area contributed by atoms with Crippen molar-refractivity contribution in [3.63, 3.8) is 0 Å². The molecule has 0 aliphatic carbocycles. The van der Waals surface area contributed by atoms with Gasteiger partial charge in [-0.15, -0.1) is 0 Å². The molecule has 0 atom stereocenters. The number of carbonyl (C=O) groups excluding carboxylic acids is 1.